The largest absolute Gasteiger partial charge is 0.422 e. The molecule has 152 valence electrons. The fourth-order valence-electron chi connectivity index (χ4n) is 4.09. The average Bonchev–Trinajstić information content (AvgIpc) is 3.33. The average molecular weight is 408 g/mol. The third-order valence-electron chi connectivity index (χ3n) is 5.43. The van der Waals surface area contributed by atoms with Gasteiger partial charge in [0.15, 0.2) is 0 Å². The number of aryl methyl sites for hydroxylation is 2. The minimum Gasteiger partial charge on any atom is -0.422 e. The van der Waals surface area contributed by atoms with Gasteiger partial charge >= 0.3 is 0 Å². The van der Waals surface area contributed by atoms with E-state index in [-0.39, 0.29) is 5.88 Å². The molecule has 1 aliphatic heterocycles. The Morgan fingerprint density at radius 2 is 1.71 bits per heavy atom. The molecule has 7 heteroatoms. The van der Waals surface area contributed by atoms with Crippen LogP contribution in [-0.2, 0) is 7.05 Å². The molecule has 2 N–H and O–H groups in total. The quantitative estimate of drug-likeness (QED) is 0.556. The molecular formula is C24H20N6O. The van der Waals surface area contributed by atoms with Crippen LogP contribution in [0.15, 0.2) is 78.2 Å². The second-order valence-corrected chi connectivity index (χ2v) is 7.44. The van der Waals surface area contributed by atoms with Crippen molar-refractivity contribution < 1.29 is 4.74 Å². The number of rotatable bonds is 3. The molecule has 0 saturated heterocycles. The number of hydrogen-bond donors (Lipinski definition) is 1. The van der Waals surface area contributed by atoms with Gasteiger partial charge in [-0.05, 0) is 25.1 Å². The predicted molar refractivity (Wildman–Crippen MR) is 116 cm³/mol. The lowest BCUT2D eigenvalue weighted by Gasteiger charge is -2.25. The molecule has 0 fully saturated rings. The molecule has 0 aliphatic carbocycles. The first kappa shape index (κ1) is 18.7. The number of allylic oxidation sites excluding steroid dienone is 1. The normalized spacial score (nSPS) is 15.3. The zero-order chi connectivity index (χ0) is 21.5. The highest BCUT2D eigenvalue weighted by atomic mass is 16.5. The number of nitriles is 1. The second kappa shape index (κ2) is 7.18. The van der Waals surface area contributed by atoms with E-state index in [9.17, 15) is 5.26 Å². The lowest BCUT2D eigenvalue weighted by atomic mass is 9.85. The third-order valence-corrected chi connectivity index (χ3v) is 5.43. The molecule has 1 aliphatic rings. The molecule has 31 heavy (non-hydrogen) atoms. The Bertz CT molecular complexity index is 1340. The highest BCUT2D eigenvalue weighted by Gasteiger charge is 2.39. The summed E-state index contributed by atoms with van der Waals surface area (Å²) in [5, 5.41) is 19.4. The Hall–Kier alpha value is -4.31. The van der Waals surface area contributed by atoms with Gasteiger partial charge in [-0.25, -0.2) is 0 Å². The molecule has 2 aromatic heterocycles. The van der Waals surface area contributed by atoms with Crippen molar-refractivity contribution in [2.75, 3.05) is 0 Å². The van der Waals surface area contributed by atoms with Gasteiger partial charge < -0.3 is 10.5 Å². The Morgan fingerprint density at radius 1 is 1.03 bits per heavy atom. The van der Waals surface area contributed by atoms with E-state index in [2.05, 4.69) is 11.2 Å². The van der Waals surface area contributed by atoms with Gasteiger partial charge in [-0.3, -0.25) is 4.68 Å². The van der Waals surface area contributed by atoms with E-state index in [1.165, 1.54) is 0 Å². The van der Waals surface area contributed by atoms with Crippen molar-refractivity contribution in [1.29, 1.82) is 5.26 Å². The second-order valence-electron chi connectivity index (χ2n) is 7.44. The third kappa shape index (κ3) is 2.97. The van der Waals surface area contributed by atoms with E-state index >= 15 is 0 Å². The van der Waals surface area contributed by atoms with Crippen LogP contribution >= 0.6 is 0 Å². The molecule has 2 aromatic carbocycles. The SMILES string of the molecule is Cc1cc(C2C(C#N)=C(N)Oc3c2c(-c2ccccc2)nn3-c2ccccc2)n(C)n1. The van der Waals surface area contributed by atoms with Gasteiger partial charge in [0.05, 0.1) is 28.6 Å². The maximum Gasteiger partial charge on any atom is 0.229 e. The van der Waals surface area contributed by atoms with Crippen LogP contribution in [0, 0.1) is 18.3 Å². The molecule has 0 radical (unpaired) electrons. The number of aromatic nitrogens is 4. The van der Waals surface area contributed by atoms with E-state index in [4.69, 9.17) is 15.6 Å². The molecule has 3 heterocycles. The summed E-state index contributed by atoms with van der Waals surface area (Å²) in [6.07, 6.45) is 0. The molecule has 7 nitrogen and oxygen atoms in total. The first-order chi connectivity index (χ1) is 15.1. The number of para-hydroxylation sites is 1. The van der Waals surface area contributed by atoms with Crippen molar-refractivity contribution in [2.24, 2.45) is 12.8 Å². The number of hydrogen-bond acceptors (Lipinski definition) is 5. The van der Waals surface area contributed by atoms with Crippen LogP contribution in [0.25, 0.3) is 16.9 Å². The molecule has 0 spiro atoms. The number of nitrogens with zero attached hydrogens (tertiary/aromatic N) is 5. The van der Waals surface area contributed by atoms with E-state index in [1.54, 1.807) is 9.36 Å². The van der Waals surface area contributed by atoms with E-state index in [0.29, 0.717) is 11.5 Å². The van der Waals surface area contributed by atoms with Crippen LogP contribution in [-0.4, -0.2) is 19.6 Å². The van der Waals surface area contributed by atoms with Crippen molar-refractivity contribution in [2.45, 2.75) is 12.8 Å². The van der Waals surface area contributed by atoms with Crippen LogP contribution < -0.4 is 10.5 Å². The number of fused-ring (bicyclic) bond motifs is 1. The summed E-state index contributed by atoms with van der Waals surface area (Å²) in [5.41, 5.74) is 11.6. The first-order valence-corrected chi connectivity index (χ1v) is 9.90. The van der Waals surface area contributed by atoms with Crippen LogP contribution in [0.3, 0.4) is 0 Å². The summed E-state index contributed by atoms with van der Waals surface area (Å²) in [6, 6.07) is 23.8. The van der Waals surface area contributed by atoms with Gasteiger partial charge in [-0.15, -0.1) is 0 Å². The van der Waals surface area contributed by atoms with Gasteiger partial charge in [0.2, 0.25) is 11.8 Å². The summed E-state index contributed by atoms with van der Waals surface area (Å²) in [7, 11) is 1.87. The lowest BCUT2D eigenvalue weighted by Crippen LogP contribution is -2.23. The van der Waals surface area contributed by atoms with Gasteiger partial charge in [0, 0.05) is 12.6 Å². The molecular weight excluding hydrogens is 388 g/mol. The number of ether oxygens (including phenoxy) is 1. The summed E-state index contributed by atoms with van der Waals surface area (Å²) in [5.74, 6) is 0.133. The van der Waals surface area contributed by atoms with Gasteiger partial charge in [0.25, 0.3) is 0 Å². The van der Waals surface area contributed by atoms with Crippen molar-refractivity contribution in [3.8, 4) is 28.9 Å². The molecule has 1 unspecified atom stereocenters. The van der Waals surface area contributed by atoms with Crippen molar-refractivity contribution in [3.63, 3.8) is 0 Å². The predicted octanol–water partition coefficient (Wildman–Crippen LogP) is 3.80. The maximum absolute atomic E-state index is 9.98. The highest BCUT2D eigenvalue weighted by Crippen LogP contribution is 2.47. The van der Waals surface area contributed by atoms with Crippen LogP contribution in [0.1, 0.15) is 22.9 Å². The minimum atomic E-state index is -0.451. The minimum absolute atomic E-state index is 0.0792. The monoisotopic (exact) mass is 408 g/mol. The first-order valence-electron chi connectivity index (χ1n) is 9.90. The van der Waals surface area contributed by atoms with Crippen LogP contribution in [0.5, 0.6) is 5.88 Å². The van der Waals surface area contributed by atoms with Gasteiger partial charge in [-0.2, -0.15) is 20.1 Å². The Labute approximate surface area is 179 Å². The van der Waals surface area contributed by atoms with E-state index < -0.39 is 5.92 Å². The summed E-state index contributed by atoms with van der Waals surface area (Å²) < 4.78 is 9.56. The fourth-order valence-corrected chi connectivity index (χ4v) is 4.09. The van der Waals surface area contributed by atoms with E-state index in [1.807, 2.05) is 80.7 Å². The van der Waals surface area contributed by atoms with E-state index in [0.717, 1.165) is 33.9 Å². The number of nitrogens with two attached hydrogens (primary N) is 1. The standard InChI is InChI=1S/C24H20N6O/c1-15-13-19(29(2)27-15)20-18(14-25)23(26)31-24-21(20)22(16-9-5-3-6-10-16)28-30(24)17-11-7-4-8-12-17/h3-13,20H,26H2,1-2H3. The Balaban J connectivity index is 1.85. The topological polar surface area (TPSA) is 94.7 Å². The molecule has 0 bridgehead atoms. The molecule has 0 amide bonds. The zero-order valence-electron chi connectivity index (χ0n) is 17.1. The molecule has 4 aromatic rings. The molecule has 5 rings (SSSR count). The van der Waals surface area contributed by atoms with Crippen molar-refractivity contribution >= 4 is 0 Å². The fraction of sp³-hybridized carbons (Fsp3) is 0.125. The summed E-state index contributed by atoms with van der Waals surface area (Å²) in [6.45, 7) is 1.92. The van der Waals surface area contributed by atoms with Crippen molar-refractivity contribution in [1.82, 2.24) is 19.6 Å². The van der Waals surface area contributed by atoms with Crippen LogP contribution in [0.4, 0.5) is 0 Å². The Kier molecular flexibility index (Phi) is 4.33. The zero-order valence-corrected chi connectivity index (χ0v) is 17.1. The van der Waals surface area contributed by atoms with Crippen LogP contribution in [0.2, 0.25) is 0 Å². The summed E-state index contributed by atoms with van der Waals surface area (Å²) in [4.78, 5) is 0. The van der Waals surface area contributed by atoms with Crippen molar-refractivity contribution in [3.05, 3.63) is 95.1 Å². The molecule has 0 saturated carbocycles. The molecule has 1 atom stereocenters. The summed E-state index contributed by atoms with van der Waals surface area (Å²) >= 11 is 0. The van der Waals surface area contributed by atoms with Gasteiger partial charge in [0.1, 0.15) is 17.3 Å². The lowest BCUT2D eigenvalue weighted by molar-refractivity contribution is 0.365. The maximum atomic E-state index is 9.98. The number of benzene rings is 2. The van der Waals surface area contributed by atoms with Gasteiger partial charge in [-0.1, -0.05) is 48.5 Å². The highest BCUT2D eigenvalue weighted by molar-refractivity contribution is 5.71. The smallest absolute Gasteiger partial charge is 0.229 e. The Morgan fingerprint density at radius 3 is 2.32 bits per heavy atom.